The Balaban J connectivity index is 2.53. The van der Waals surface area contributed by atoms with Crippen molar-refractivity contribution in [3.05, 3.63) is 42.2 Å². The Hall–Kier alpha value is -1.94. The molecule has 1 N–H and O–H groups in total. The summed E-state index contributed by atoms with van der Waals surface area (Å²) in [6.07, 6.45) is 3.35. The second kappa shape index (κ2) is 4.72. The summed E-state index contributed by atoms with van der Waals surface area (Å²) < 4.78 is 5.24. The van der Waals surface area contributed by atoms with Crippen LogP contribution in [0, 0.1) is 0 Å². The molecule has 0 fully saturated rings. The molecule has 1 aromatic carbocycles. The molecule has 0 bridgehead atoms. The van der Waals surface area contributed by atoms with Crippen LogP contribution in [-0.2, 0) is 6.61 Å². The van der Waals surface area contributed by atoms with Crippen molar-refractivity contribution in [2.75, 3.05) is 7.11 Å². The van der Waals surface area contributed by atoms with Crippen molar-refractivity contribution >= 4 is 0 Å². The van der Waals surface area contributed by atoms with Crippen molar-refractivity contribution in [2.45, 2.75) is 6.61 Å². The predicted molar refractivity (Wildman–Crippen MR) is 59.9 cm³/mol. The second-order valence-corrected chi connectivity index (χ2v) is 3.27. The van der Waals surface area contributed by atoms with Gasteiger partial charge in [0, 0.05) is 12.4 Å². The van der Waals surface area contributed by atoms with Crippen molar-refractivity contribution in [3.8, 4) is 17.1 Å². The van der Waals surface area contributed by atoms with E-state index >= 15 is 0 Å². The lowest BCUT2D eigenvalue weighted by molar-refractivity contribution is 0.281. The third-order valence-electron chi connectivity index (χ3n) is 2.25. The molecule has 0 atom stereocenters. The van der Waals surface area contributed by atoms with Crippen molar-refractivity contribution in [1.29, 1.82) is 0 Å². The van der Waals surface area contributed by atoms with Crippen LogP contribution in [0.1, 0.15) is 5.56 Å². The Morgan fingerprint density at radius 1 is 1.25 bits per heavy atom. The monoisotopic (exact) mass is 216 g/mol. The van der Waals surface area contributed by atoms with Gasteiger partial charge in [-0.1, -0.05) is 6.07 Å². The summed E-state index contributed by atoms with van der Waals surface area (Å²) in [6.45, 7) is -0.0101. The quantitative estimate of drug-likeness (QED) is 0.847. The zero-order chi connectivity index (χ0) is 11.4. The summed E-state index contributed by atoms with van der Waals surface area (Å²) in [5.41, 5.74) is 1.60. The zero-order valence-corrected chi connectivity index (χ0v) is 8.92. The highest BCUT2D eigenvalue weighted by Gasteiger charge is 2.08. The van der Waals surface area contributed by atoms with E-state index in [9.17, 15) is 0 Å². The molecule has 0 radical (unpaired) electrons. The van der Waals surface area contributed by atoms with Gasteiger partial charge in [-0.2, -0.15) is 0 Å². The van der Waals surface area contributed by atoms with Crippen molar-refractivity contribution in [1.82, 2.24) is 9.97 Å². The number of aliphatic hydroxyl groups excluding tert-OH is 1. The van der Waals surface area contributed by atoms with Gasteiger partial charge >= 0.3 is 0 Å². The van der Waals surface area contributed by atoms with Crippen LogP contribution in [0.25, 0.3) is 11.4 Å². The minimum absolute atomic E-state index is 0.0101. The minimum Gasteiger partial charge on any atom is -0.496 e. The van der Waals surface area contributed by atoms with Crippen LogP contribution < -0.4 is 4.74 Å². The standard InChI is InChI=1S/C12H12N2O2/c1-16-11-4-3-9(8-15)7-10(11)12-13-5-2-6-14-12/h2-7,15H,8H2,1H3. The molecule has 0 amide bonds. The molecule has 1 heterocycles. The second-order valence-electron chi connectivity index (χ2n) is 3.27. The lowest BCUT2D eigenvalue weighted by Gasteiger charge is -2.08. The van der Waals surface area contributed by atoms with Gasteiger partial charge in [-0.05, 0) is 23.8 Å². The van der Waals surface area contributed by atoms with Gasteiger partial charge in [0.15, 0.2) is 5.82 Å². The molecule has 1 aromatic heterocycles. The molecule has 2 aromatic rings. The average molecular weight is 216 g/mol. The number of nitrogens with zero attached hydrogens (tertiary/aromatic N) is 2. The van der Waals surface area contributed by atoms with Crippen LogP contribution in [0.2, 0.25) is 0 Å². The van der Waals surface area contributed by atoms with E-state index in [1.54, 1.807) is 31.6 Å². The molecule has 0 spiro atoms. The third kappa shape index (κ3) is 2.01. The number of methoxy groups -OCH3 is 1. The first-order valence-electron chi connectivity index (χ1n) is 4.90. The van der Waals surface area contributed by atoms with Crippen molar-refractivity contribution < 1.29 is 9.84 Å². The Kier molecular flexibility index (Phi) is 3.12. The summed E-state index contributed by atoms with van der Waals surface area (Å²) >= 11 is 0. The van der Waals surface area contributed by atoms with E-state index in [2.05, 4.69) is 9.97 Å². The molecule has 0 aliphatic heterocycles. The average Bonchev–Trinajstić information content (AvgIpc) is 2.39. The fourth-order valence-electron chi connectivity index (χ4n) is 1.47. The fraction of sp³-hybridized carbons (Fsp3) is 0.167. The molecule has 0 saturated heterocycles. The van der Waals surface area contributed by atoms with Crippen molar-refractivity contribution in [2.24, 2.45) is 0 Å². The van der Waals surface area contributed by atoms with Crippen LogP contribution >= 0.6 is 0 Å². The predicted octanol–water partition coefficient (Wildman–Crippen LogP) is 1.64. The molecule has 16 heavy (non-hydrogen) atoms. The number of benzene rings is 1. The minimum atomic E-state index is -0.0101. The summed E-state index contributed by atoms with van der Waals surface area (Å²) in [5.74, 6) is 1.29. The normalized spacial score (nSPS) is 10.1. The van der Waals surface area contributed by atoms with Crippen molar-refractivity contribution in [3.63, 3.8) is 0 Å². The van der Waals surface area contributed by atoms with Gasteiger partial charge in [-0.15, -0.1) is 0 Å². The van der Waals surface area contributed by atoms with E-state index in [1.165, 1.54) is 0 Å². The molecule has 0 aliphatic carbocycles. The number of aliphatic hydroxyl groups is 1. The van der Waals surface area contributed by atoms with Gasteiger partial charge in [0.1, 0.15) is 5.75 Å². The highest BCUT2D eigenvalue weighted by molar-refractivity contribution is 5.64. The molecule has 4 nitrogen and oxygen atoms in total. The van der Waals surface area contributed by atoms with Gasteiger partial charge in [0.25, 0.3) is 0 Å². The summed E-state index contributed by atoms with van der Waals surface area (Å²) in [5, 5.41) is 9.09. The van der Waals surface area contributed by atoms with Crippen LogP contribution in [0.4, 0.5) is 0 Å². The molecule has 0 unspecified atom stereocenters. The summed E-state index contributed by atoms with van der Waals surface area (Å²) in [7, 11) is 1.60. The number of aromatic nitrogens is 2. The topological polar surface area (TPSA) is 55.2 Å². The molecule has 4 heteroatoms. The summed E-state index contributed by atoms with van der Waals surface area (Å²) in [4.78, 5) is 8.32. The smallest absolute Gasteiger partial charge is 0.162 e. The fourth-order valence-corrected chi connectivity index (χ4v) is 1.47. The van der Waals surface area contributed by atoms with E-state index in [0.717, 1.165) is 11.1 Å². The number of hydrogen-bond donors (Lipinski definition) is 1. The first kappa shape index (κ1) is 10.6. The zero-order valence-electron chi connectivity index (χ0n) is 8.92. The maximum Gasteiger partial charge on any atom is 0.162 e. The first-order valence-corrected chi connectivity index (χ1v) is 4.90. The van der Waals surface area contributed by atoms with Gasteiger partial charge < -0.3 is 9.84 Å². The number of hydrogen-bond acceptors (Lipinski definition) is 4. The highest BCUT2D eigenvalue weighted by atomic mass is 16.5. The Bertz CT molecular complexity index is 472. The first-order chi connectivity index (χ1) is 7.85. The molecule has 82 valence electrons. The van der Waals surface area contributed by atoms with Crippen LogP contribution in [0.15, 0.2) is 36.7 Å². The molecule has 0 saturated carbocycles. The number of ether oxygens (including phenoxy) is 1. The highest BCUT2D eigenvalue weighted by Crippen LogP contribution is 2.27. The number of rotatable bonds is 3. The molecular formula is C12H12N2O2. The van der Waals surface area contributed by atoms with E-state index < -0.39 is 0 Å². The lowest BCUT2D eigenvalue weighted by atomic mass is 10.1. The lowest BCUT2D eigenvalue weighted by Crippen LogP contribution is -1.94. The van der Waals surface area contributed by atoms with Gasteiger partial charge in [0.2, 0.25) is 0 Å². The van der Waals surface area contributed by atoms with E-state index in [-0.39, 0.29) is 6.61 Å². The van der Waals surface area contributed by atoms with Crippen LogP contribution in [0.5, 0.6) is 5.75 Å². The Morgan fingerprint density at radius 3 is 2.62 bits per heavy atom. The SMILES string of the molecule is COc1ccc(CO)cc1-c1ncccn1. The maximum absolute atomic E-state index is 9.09. The maximum atomic E-state index is 9.09. The largest absolute Gasteiger partial charge is 0.496 e. The van der Waals surface area contributed by atoms with E-state index in [4.69, 9.17) is 9.84 Å². The Morgan fingerprint density at radius 2 is 2.00 bits per heavy atom. The molecule has 2 rings (SSSR count). The van der Waals surface area contributed by atoms with E-state index in [0.29, 0.717) is 11.6 Å². The summed E-state index contributed by atoms with van der Waals surface area (Å²) in [6, 6.07) is 7.20. The van der Waals surface area contributed by atoms with Gasteiger partial charge in [-0.3, -0.25) is 0 Å². The molecule has 0 aliphatic rings. The van der Waals surface area contributed by atoms with Gasteiger partial charge in [0.05, 0.1) is 19.3 Å². The molecular weight excluding hydrogens is 204 g/mol. The van der Waals surface area contributed by atoms with Gasteiger partial charge in [-0.25, -0.2) is 9.97 Å². The Labute approximate surface area is 93.6 Å². The van der Waals surface area contributed by atoms with E-state index in [1.807, 2.05) is 12.1 Å². The van der Waals surface area contributed by atoms with Crippen LogP contribution in [-0.4, -0.2) is 22.2 Å². The third-order valence-corrected chi connectivity index (χ3v) is 2.25. The van der Waals surface area contributed by atoms with Crippen LogP contribution in [0.3, 0.4) is 0 Å².